The van der Waals surface area contributed by atoms with Gasteiger partial charge in [0, 0.05) is 12.0 Å². The molecule has 128 valence electrons. The molecule has 0 radical (unpaired) electrons. The van der Waals surface area contributed by atoms with Crippen molar-refractivity contribution in [2.24, 2.45) is 0 Å². The van der Waals surface area contributed by atoms with Crippen LogP contribution in [0, 0.1) is 13.8 Å². The van der Waals surface area contributed by atoms with Crippen molar-refractivity contribution < 1.29 is 17.7 Å². The summed E-state index contributed by atoms with van der Waals surface area (Å²) in [6, 6.07) is 6.33. The molecule has 0 bridgehead atoms. The molecule has 1 aromatic heterocycles. The highest BCUT2D eigenvalue weighted by molar-refractivity contribution is 7.91. The second-order valence-electron chi connectivity index (χ2n) is 6.28. The lowest BCUT2D eigenvalue weighted by Crippen LogP contribution is -2.30. The first-order chi connectivity index (χ1) is 11.3. The van der Waals surface area contributed by atoms with Crippen molar-refractivity contribution in [3.05, 3.63) is 46.8 Å². The van der Waals surface area contributed by atoms with Crippen LogP contribution in [0.5, 0.6) is 0 Å². The van der Waals surface area contributed by atoms with Crippen LogP contribution < -0.4 is 5.32 Å². The van der Waals surface area contributed by atoms with Crippen LogP contribution >= 0.6 is 0 Å². The Kier molecular flexibility index (Phi) is 4.21. The molecule has 1 aliphatic rings. The Morgan fingerprint density at radius 3 is 2.75 bits per heavy atom. The van der Waals surface area contributed by atoms with Crippen LogP contribution in [0.15, 0.2) is 33.7 Å². The van der Waals surface area contributed by atoms with Crippen LogP contribution in [0.1, 0.15) is 47.9 Å². The molecule has 7 heteroatoms. The minimum Gasteiger partial charge on any atom is -0.361 e. The van der Waals surface area contributed by atoms with E-state index in [-0.39, 0.29) is 24.0 Å². The van der Waals surface area contributed by atoms with Gasteiger partial charge in [-0.3, -0.25) is 4.79 Å². The summed E-state index contributed by atoms with van der Waals surface area (Å²) in [4.78, 5) is 12.7. The SMILES string of the molecule is Cc1noc(C)c1[C@@H](C)CC(=O)N[C@H]1CS(=O)(=O)c2ccccc21. The highest BCUT2D eigenvalue weighted by Gasteiger charge is 2.35. The average molecular weight is 348 g/mol. The number of carbonyl (C=O) groups excluding carboxylic acids is 1. The molecule has 3 rings (SSSR count). The van der Waals surface area contributed by atoms with E-state index in [0.29, 0.717) is 16.2 Å². The number of benzene rings is 1. The molecule has 0 fully saturated rings. The van der Waals surface area contributed by atoms with Crippen LogP contribution in [0.3, 0.4) is 0 Å². The van der Waals surface area contributed by atoms with Gasteiger partial charge in [-0.05, 0) is 31.4 Å². The van der Waals surface area contributed by atoms with Crippen LogP contribution in [0.25, 0.3) is 0 Å². The third kappa shape index (κ3) is 2.96. The lowest BCUT2D eigenvalue weighted by molar-refractivity contribution is -0.122. The maximum absolute atomic E-state index is 12.4. The van der Waals surface area contributed by atoms with E-state index in [9.17, 15) is 13.2 Å². The van der Waals surface area contributed by atoms with Gasteiger partial charge in [-0.15, -0.1) is 0 Å². The molecule has 1 aromatic carbocycles. The third-order valence-electron chi connectivity index (χ3n) is 4.42. The van der Waals surface area contributed by atoms with Crippen LogP contribution in [0.4, 0.5) is 0 Å². The van der Waals surface area contributed by atoms with Gasteiger partial charge in [0.25, 0.3) is 0 Å². The van der Waals surface area contributed by atoms with Gasteiger partial charge in [0.05, 0.1) is 22.4 Å². The number of nitrogens with zero attached hydrogens (tertiary/aromatic N) is 1. The van der Waals surface area contributed by atoms with E-state index in [2.05, 4.69) is 10.5 Å². The summed E-state index contributed by atoms with van der Waals surface area (Å²) in [5, 5.41) is 6.76. The molecule has 1 N–H and O–H groups in total. The lowest BCUT2D eigenvalue weighted by Gasteiger charge is -2.15. The fraction of sp³-hybridized carbons (Fsp3) is 0.412. The normalized spacial score (nSPS) is 19.7. The van der Waals surface area contributed by atoms with Gasteiger partial charge in [-0.1, -0.05) is 30.3 Å². The number of sulfone groups is 1. The van der Waals surface area contributed by atoms with Crippen molar-refractivity contribution in [1.82, 2.24) is 10.5 Å². The molecule has 2 heterocycles. The van der Waals surface area contributed by atoms with Gasteiger partial charge in [0.15, 0.2) is 9.84 Å². The van der Waals surface area contributed by atoms with Crippen LogP contribution in [-0.2, 0) is 14.6 Å². The average Bonchev–Trinajstić information content (AvgIpc) is 2.97. The molecule has 6 nitrogen and oxygen atoms in total. The Balaban J connectivity index is 1.73. The molecule has 0 unspecified atom stereocenters. The highest BCUT2D eigenvalue weighted by Crippen LogP contribution is 2.33. The Morgan fingerprint density at radius 2 is 2.08 bits per heavy atom. The number of nitrogens with one attached hydrogen (secondary N) is 1. The minimum atomic E-state index is -3.33. The molecule has 1 amide bonds. The van der Waals surface area contributed by atoms with Crippen molar-refractivity contribution in [3.8, 4) is 0 Å². The highest BCUT2D eigenvalue weighted by atomic mass is 32.2. The Morgan fingerprint density at radius 1 is 1.38 bits per heavy atom. The van der Waals surface area contributed by atoms with Gasteiger partial charge < -0.3 is 9.84 Å². The number of aromatic nitrogens is 1. The monoisotopic (exact) mass is 348 g/mol. The Labute approximate surface area is 141 Å². The fourth-order valence-electron chi connectivity index (χ4n) is 3.40. The zero-order valence-corrected chi connectivity index (χ0v) is 14.7. The molecule has 2 atom stereocenters. The molecule has 0 spiro atoms. The molecule has 1 aliphatic heterocycles. The van der Waals surface area contributed by atoms with E-state index in [1.807, 2.05) is 20.8 Å². The lowest BCUT2D eigenvalue weighted by atomic mass is 9.95. The van der Waals surface area contributed by atoms with Gasteiger partial charge >= 0.3 is 0 Å². The summed E-state index contributed by atoms with van der Waals surface area (Å²) in [7, 11) is -3.33. The summed E-state index contributed by atoms with van der Waals surface area (Å²) < 4.78 is 29.5. The zero-order valence-electron chi connectivity index (χ0n) is 13.9. The van der Waals surface area contributed by atoms with Gasteiger partial charge in [-0.25, -0.2) is 8.42 Å². The van der Waals surface area contributed by atoms with Crippen molar-refractivity contribution in [2.45, 2.75) is 44.0 Å². The number of carbonyl (C=O) groups is 1. The smallest absolute Gasteiger partial charge is 0.221 e. The largest absolute Gasteiger partial charge is 0.361 e. The van der Waals surface area contributed by atoms with E-state index in [0.717, 1.165) is 11.3 Å². The van der Waals surface area contributed by atoms with Crippen LogP contribution in [-0.4, -0.2) is 25.2 Å². The summed E-state index contributed by atoms with van der Waals surface area (Å²) in [5.41, 5.74) is 2.38. The summed E-state index contributed by atoms with van der Waals surface area (Å²) in [6.45, 7) is 5.61. The van der Waals surface area contributed by atoms with Gasteiger partial charge in [0.1, 0.15) is 5.76 Å². The summed E-state index contributed by atoms with van der Waals surface area (Å²) in [5.74, 6) is 0.392. The predicted octanol–water partition coefficient (Wildman–Crippen LogP) is 2.43. The van der Waals surface area contributed by atoms with E-state index in [1.165, 1.54) is 0 Å². The van der Waals surface area contributed by atoms with E-state index >= 15 is 0 Å². The molecule has 0 saturated carbocycles. The maximum Gasteiger partial charge on any atom is 0.221 e. The second-order valence-corrected chi connectivity index (χ2v) is 8.29. The summed E-state index contributed by atoms with van der Waals surface area (Å²) in [6.07, 6.45) is 0.252. The maximum atomic E-state index is 12.4. The Bertz CT molecular complexity index is 866. The molecule has 24 heavy (non-hydrogen) atoms. The first-order valence-electron chi connectivity index (χ1n) is 7.83. The van der Waals surface area contributed by atoms with Gasteiger partial charge in [0.2, 0.25) is 5.91 Å². The number of hydrogen-bond donors (Lipinski definition) is 1. The number of rotatable bonds is 4. The van der Waals surface area contributed by atoms with Crippen LogP contribution in [0.2, 0.25) is 0 Å². The van der Waals surface area contributed by atoms with Crippen molar-refractivity contribution in [3.63, 3.8) is 0 Å². The molecule has 2 aromatic rings. The van der Waals surface area contributed by atoms with E-state index in [1.54, 1.807) is 24.3 Å². The molecular formula is C17H20N2O4S. The quantitative estimate of drug-likeness (QED) is 0.916. The van der Waals surface area contributed by atoms with Crippen molar-refractivity contribution in [2.75, 3.05) is 5.75 Å². The first kappa shape index (κ1) is 16.7. The molecule has 0 saturated heterocycles. The molecule has 0 aliphatic carbocycles. The third-order valence-corrected chi connectivity index (χ3v) is 6.24. The molecular weight excluding hydrogens is 328 g/mol. The number of amides is 1. The first-order valence-corrected chi connectivity index (χ1v) is 9.48. The second kappa shape index (κ2) is 6.05. The Hall–Kier alpha value is -2.15. The van der Waals surface area contributed by atoms with E-state index < -0.39 is 15.9 Å². The topological polar surface area (TPSA) is 89.3 Å². The minimum absolute atomic E-state index is 0.0514. The van der Waals surface area contributed by atoms with Gasteiger partial charge in [-0.2, -0.15) is 0 Å². The van der Waals surface area contributed by atoms with E-state index in [4.69, 9.17) is 4.52 Å². The fourth-order valence-corrected chi connectivity index (χ4v) is 5.13. The summed E-state index contributed by atoms with van der Waals surface area (Å²) >= 11 is 0. The number of aryl methyl sites for hydroxylation is 2. The number of hydrogen-bond acceptors (Lipinski definition) is 5. The zero-order chi connectivity index (χ0) is 17.5. The predicted molar refractivity (Wildman–Crippen MR) is 88.4 cm³/mol. The van der Waals surface area contributed by atoms with Crippen molar-refractivity contribution in [1.29, 1.82) is 0 Å². The standard InChI is InChI=1S/C17H20N2O4S/c1-10(17-11(2)19-23-12(17)3)8-16(20)18-14-9-24(21,22)15-7-5-4-6-13(14)15/h4-7,10,14H,8-9H2,1-3H3,(H,18,20)/t10-,14-/m0/s1. The number of fused-ring (bicyclic) bond motifs is 1. The van der Waals surface area contributed by atoms with Crippen molar-refractivity contribution >= 4 is 15.7 Å².